The first-order valence-electron chi connectivity index (χ1n) is 8.47. The number of hydrogen-bond donors (Lipinski definition) is 1. The molecule has 0 aliphatic carbocycles. The Balaban J connectivity index is 1.68. The molecule has 28 heavy (non-hydrogen) atoms. The Kier molecular flexibility index (Phi) is 6.01. The van der Waals surface area contributed by atoms with E-state index in [1.54, 1.807) is 36.4 Å². The molecule has 0 fully saturated rings. The van der Waals surface area contributed by atoms with E-state index in [0.29, 0.717) is 23.6 Å². The zero-order chi connectivity index (χ0) is 19.9. The Morgan fingerprint density at radius 2 is 2.00 bits per heavy atom. The maximum Gasteiger partial charge on any atom is 0.266 e. The van der Waals surface area contributed by atoms with E-state index >= 15 is 0 Å². The van der Waals surface area contributed by atoms with Crippen LogP contribution in [0.5, 0.6) is 11.5 Å². The molecule has 0 saturated heterocycles. The highest BCUT2D eigenvalue weighted by molar-refractivity contribution is 5.95. The number of carbonyl (C=O) groups is 1. The van der Waals surface area contributed by atoms with Gasteiger partial charge >= 0.3 is 0 Å². The fourth-order valence-electron chi connectivity index (χ4n) is 2.33. The van der Waals surface area contributed by atoms with Crippen molar-refractivity contribution in [3.63, 3.8) is 0 Å². The average molecular weight is 383 g/mol. The third kappa shape index (κ3) is 4.53. The molecule has 1 aromatic heterocycles. The number of aromatic nitrogens is 2. The molecule has 144 valence electrons. The molecule has 2 aromatic carbocycles. The molecule has 0 unspecified atom stereocenters. The Morgan fingerprint density at radius 3 is 2.71 bits per heavy atom. The lowest BCUT2D eigenvalue weighted by molar-refractivity contribution is -0.122. The molecule has 1 N–H and O–H groups in total. The second-order valence-electron chi connectivity index (χ2n) is 5.77. The Morgan fingerprint density at radius 1 is 1.25 bits per heavy atom. The van der Waals surface area contributed by atoms with Crippen LogP contribution < -0.4 is 14.8 Å². The zero-order valence-corrected chi connectivity index (χ0v) is 15.1. The largest absolute Gasteiger partial charge is 0.490 e. The molecule has 0 spiro atoms. The van der Waals surface area contributed by atoms with Gasteiger partial charge in [-0.3, -0.25) is 4.79 Å². The van der Waals surface area contributed by atoms with Crippen LogP contribution in [0, 0.1) is 5.82 Å². The van der Waals surface area contributed by atoms with E-state index in [2.05, 4.69) is 22.2 Å². The predicted octanol–water partition coefficient (Wildman–Crippen LogP) is 3.85. The maximum absolute atomic E-state index is 13.7. The average Bonchev–Trinajstić information content (AvgIpc) is 3.16. The first kappa shape index (κ1) is 19.1. The van der Waals surface area contributed by atoms with E-state index in [-0.39, 0.29) is 11.6 Å². The monoisotopic (exact) mass is 383 g/mol. The van der Waals surface area contributed by atoms with Gasteiger partial charge in [0.05, 0.1) is 0 Å². The molecule has 0 bridgehead atoms. The molecule has 1 heterocycles. The summed E-state index contributed by atoms with van der Waals surface area (Å²) in [6.07, 6.45) is 0.685. The number of carbonyl (C=O) groups excluding carboxylic acids is 1. The topological polar surface area (TPSA) is 86.5 Å². The van der Waals surface area contributed by atoms with E-state index in [1.165, 1.54) is 25.1 Å². The third-order valence-corrected chi connectivity index (χ3v) is 3.74. The summed E-state index contributed by atoms with van der Waals surface area (Å²) in [7, 11) is 0. The Bertz CT molecular complexity index is 956. The Labute approximate surface area is 160 Å². The molecule has 7 nitrogen and oxygen atoms in total. The molecule has 0 aliphatic heterocycles. The number of nitrogens with one attached hydrogen (secondary N) is 1. The van der Waals surface area contributed by atoms with Gasteiger partial charge in [-0.15, -0.1) is 0 Å². The lowest BCUT2D eigenvalue weighted by atomic mass is 10.1. The van der Waals surface area contributed by atoms with E-state index < -0.39 is 17.8 Å². The van der Waals surface area contributed by atoms with Crippen LogP contribution in [0.3, 0.4) is 0 Å². The molecule has 1 atom stereocenters. The predicted molar refractivity (Wildman–Crippen MR) is 101 cm³/mol. The van der Waals surface area contributed by atoms with Crippen LogP contribution in [0.25, 0.3) is 11.3 Å². The third-order valence-electron chi connectivity index (χ3n) is 3.74. The van der Waals surface area contributed by atoms with Crippen molar-refractivity contribution in [2.45, 2.75) is 13.0 Å². The summed E-state index contributed by atoms with van der Waals surface area (Å²) < 4.78 is 29.2. The molecular formula is C20H18FN3O4. The highest BCUT2D eigenvalue weighted by Gasteiger charge is 2.21. The van der Waals surface area contributed by atoms with Crippen LogP contribution in [-0.4, -0.2) is 28.9 Å². The van der Waals surface area contributed by atoms with Gasteiger partial charge in [-0.2, -0.15) is 0 Å². The van der Waals surface area contributed by atoms with E-state index in [0.717, 1.165) is 0 Å². The molecule has 3 rings (SSSR count). The number of anilines is 1. The van der Waals surface area contributed by atoms with Crippen molar-refractivity contribution in [1.82, 2.24) is 10.3 Å². The molecule has 8 heteroatoms. The summed E-state index contributed by atoms with van der Waals surface area (Å²) >= 11 is 0. The van der Waals surface area contributed by atoms with Gasteiger partial charge in [-0.25, -0.2) is 9.02 Å². The lowest BCUT2D eigenvalue weighted by Gasteiger charge is -2.14. The molecule has 1 amide bonds. The minimum Gasteiger partial charge on any atom is -0.490 e. The fraction of sp³-hybridized carbons (Fsp3) is 0.150. The number of nitrogens with zero attached hydrogens (tertiary/aromatic N) is 2. The molecular weight excluding hydrogens is 365 g/mol. The van der Waals surface area contributed by atoms with Gasteiger partial charge in [0.2, 0.25) is 5.82 Å². The van der Waals surface area contributed by atoms with Gasteiger partial charge < -0.3 is 14.8 Å². The molecule has 0 saturated carbocycles. The number of para-hydroxylation sites is 1. The summed E-state index contributed by atoms with van der Waals surface area (Å²) in [6.45, 7) is 5.49. The number of hydrogen-bond acceptors (Lipinski definition) is 6. The highest BCUT2D eigenvalue weighted by atomic mass is 19.1. The van der Waals surface area contributed by atoms with Crippen molar-refractivity contribution in [3.8, 4) is 22.8 Å². The summed E-state index contributed by atoms with van der Waals surface area (Å²) in [6, 6.07) is 12.9. The summed E-state index contributed by atoms with van der Waals surface area (Å²) in [4.78, 5) is 12.4. The maximum atomic E-state index is 13.7. The number of rotatable bonds is 8. The van der Waals surface area contributed by atoms with Crippen LogP contribution in [0.1, 0.15) is 6.92 Å². The second kappa shape index (κ2) is 8.81. The number of halogens is 1. The van der Waals surface area contributed by atoms with Gasteiger partial charge in [-0.05, 0) is 53.6 Å². The normalized spacial score (nSPS) is 11.5. The van der Waals surface area contributed by atoms with Crippen molar-refractivity contribution in [2.24, 2.45) is 0 Å². The van der Waals surface area contributed by atoms with Crippen LogP contribution >= 0.6 is 0 Å². The van der Waals surface area contributed by atoms with Crippen LogP contribution in [0.15, 0.2) is 65.8 Å². The summed E-state index contributed by atoms with van der Waals surface area (Å²) in [5, 5.41) is 10.1. The van der Waals surface area contributed by atoms with Crippen LogP contribution in [-0.2, 0) is 4.79 Å². The van der Waals surface area contributed by atoms with Crippen LogP contribution in [0.2, 0.25) is 0 Å². The van der Waals surface area contributed by atoms with Gasteiger partial charge in [-0.1, -0.05) is 24.8 Å². The number of ether oxygens (including phenoxy) is 2. The smallest absolute Gasteiger partial charge is 0.266 e. The second-order valence-corrected chi connectivity index (χ2v) is 5.77. The molecule has 0 radical (unpaired) electrons. The molecule has 0 aliphatic rings. The van der Waals surface area contributed by atoms with Crippen molar-refractivity contribution < 1.29 is 23.3 Å². The van der Waals surface area contributed by atoms with Gasteiger partial charge in [0, 0.05) is 5.56 Å². The van der Waals surface area contributed by atoms with Crippen molar-refractivity contribution in [2.75, 3.05) is 11.9 Å². The zero-order valence-electron chi connectivity index (χ0n) is 15.1. The highest BCUT2D eigenvalue weighted by Crippen LogP contribution is 2.26. The minimum atomic E-state index is -0.962. The fourth-order valence-corrected chi connectivity index (χ4v) is 2.33. The SMILES string of the molecule is C=CCOc1ccc(-c2nonc2NC(=O)[C@@H](C)Oc2ccccc2F)cc1. The quantitative estimate of drug-likeness (QED) is 0.595. The first-order valence-corrected chi connectivity index (χ1v) is 8.47. The van der Waals surface area contributed by atoms with E-state index in [9.17, 15) is 9.18 Å². The minimum absolute atomic E-state index is 0.0150. The lowest BCUT2D eigenvalue weighted by Crippen LogP contribution is -2.30. The molecule has 3 aromatic rings. The summed E-state index contributed by atoms with van der Waals surface area (Å²) in [5.74, 6) is -0.291. The van der Waals surface area contributed by atoms with Crippen molar-refractivity contribution >= 4 is 11.7 Å². The van der Waals surface area contributed by atoms with E-state index in [4.69, 9.17) is 14.1 Å². The van der Waals surface area contributed by atoms with Gasteiger partial charge in [0.15, 0.2) is 23.4 Å². The Hall–Kier alpha value is -3.68. The number of benzene rings is 2. The van der Waals surface area contributed by atoms with Gasteiger partial charge in [0.1, 0.15) is 12.4 Å². The van der Waals surface area contributed by atoms with Crippen molar-refractivity contribution in [1.29, 1.82) is 0 Å². The summed E-state index contributed by atoms with van der Waals surface area (Å²) in [5.41, 5.74) is 1.02. The standard InChI is InChI=1S/C20H18FN3O4/c1-3-12-26-15-10-8-14(9-11-15)18-19(24-28-23-18)22-20(25)13(2)27-17-7-5-4-6-16(17)21/h3-11,13H,1,12H2,2H3,(H,22,24,25)/t13-/m1/s1. The van der Waals surface area contributed by atoms with Gasteiger partial charge in [0.25, 0.3) is 5.91 Å². The number of amides is 1. The first-order chi connectivity index (χ1) is 13.6. The van der Waals surface area contributed by atoms with E-state index in [1.807, 2.05) is 0 Å². The van der Waals surface area contributed by atoms with Crippen molar-refractivity contribution in [3.05, 3.63) is 67.0 Å². The van der Waals surface area contributed by atoms with Crippen LogP contribution in [0.4, 0.5) is 10.2 Å².